The van der Waals surface area contributed by atoms with Gasteiger partial charge in [-0.2, -0.15) is 0 Å². The number of rotatable bonds is 7. The van der Waals surface area contributed by atoms with Gasteiger partial charge in [0, 0.05) is 17.8 Å². The topological polar surface area (TPSA) is 84.2 Å². The largest absolute Gasteiger partial charge is 0.326 e. The van der Waals surface area contributed by atoms with E-state index in [2.05, 4.69) is 10.6 Å². The highest BCUT2D eigenvalue weighted by Gasteiger charge is 2.14. The molecule has 0 fully saturated rings. The Balaban J connectivity index is 0.00000441. The van der Waals surface area contributed by atoms with E-state index in [1.54, 1.807) is 12.1 Å². The van der Waals surface area contributed by atoms with E-state index in [1.807, 2.05) is 26.8 Å². The van der Waals surface area contributed by atoms with Crippen LogP contribution in [0.25, 0.3) is 0 Å². The number of halogens is 1. The summed E-state index contributed by atoms with van der Waals surface area (Å²) in [5.41, 5.74) is 8.03. The van der Waals surface area contributed by atoms with Gasteiger partial charge in [0.25, 0.3) is 0 Å². The Bertz CT molecular complexity index is 506. The number of benzene rings is 1. The number of carbonyl (C=O) groups excluding carboxylic acids is 2. The van der Waals surface area contributed by atoms with Gasteiger partial charge >= 0.3 is 0 Å². The molecule has 1 rings (SSSR count). The SMILES string of the molecule is CCCC(=O)Nc1cccc(NC(=O)C(N)CCC)c1C.Cl. The fourth-order valence-electron chi connectivity index (χ4n) is 2.01. The Morgan fingerprint density at radius 2 is 1.73 bits per heavy atom. The maximum atomic E-state index is 12.0. The Kier molecular flexibility index (Phi) is 9.45. The van der Waals surface area contributed by atoms with Crippen molar-refractivity contribution in [1.82, 2.24) is 0 Å². The molecule has 1 aromatic rings. The predicted octanol–water partition coefficient (Wildman–Crippen LogP) is 3.22. The van der Waals surface area contributed by atoms with Crippen LogP contribution in [-0.4, -0.2) is 17.9 Å². The van der Waals surface area contributed by atoms with Crippen LogP contribution in [0.15, 0.2) is 18.2 Å². The van der Waals surface area contributed by atoms with Crippen molar-refractivity contribution < 1.29 is 9.59 Å². The van der Waals surface area contributed by atoms with Crippen molar-refractivity contribution in [2.45, 2.75) is 52.5 Å². The third kappa shape index (κ3) is 6.03. The Morgan fingerprint density at radius 3 is 2.27 bits per heavy atom. The molecular weight excluding hydrogens is 302 g/mol. The first-order chi connectivity index (χ1) is 9.99. The van der Waals surface area contributed by atoms with E-state index in [1.165, 1.54) is 0 Å². The molecule has 5 nitrogen and oxygen atoms in total. The molecule has 22 heavy (non-hydrogen) atoms. The van der Waals surface area contributed by atoms with Crippen molar-refractivity contribution in [3.05, 3.63) is 23.8 Å². The van der Waals surface area contributed by atoms with E-state index in [9.17, 15) is 9.59 Å². The number of hydrogen-bond donors (Lipinski definition) is 3. The van der Waals surface area contributed by atoms with Crippen LogP contribution in [-0.2, 0) is 9.59 Å². The number of nitrogens with one attached hydrogen (secondary N) is 2. The molecule has 0 radical (unpaired) electrons. The monoisotopic (exact) mass is 327 g/mol. The average Bonchev–Trinajstić information content (AvgIpc) is 2.43. The molecule has 6 heteroatoms. The van der Waals surface area contributed by atoms with Gasteiger partial charge in [-0.25, -0.2) is 0 Å². The predicted molar refractivity (Wildman–Crippen MR) is 93.5 cm³/mol. The lowest BCUT2D eigenvalue weighted by Gasteiger charge is -2.15. The zero-order valence-electron chi connectivity index (χ0n) is 13.4. The van der Waals surface area contributed by atoms with Crippen molar-refractivity contribution in [3.63, 3.8) is 0 Å². The van der Waals surface area contributed by atoms with Gasteiger partial charge in [0.05, 0.1) is 6.04 Å². The van der Waals surface area contributed by atoms with E-state index in [0.29, 0.717) is 18.5 Å². The van der Waals surface area contributed by atoms with Gasteiger partial charge in [-0.15, -0.1) is 12.4 Å². The molecule has 0 aliphatic heterocycles. The summed E-state index contributed by atoms with van der Waals surface area (Å²) in [5, 5.41) is 5.68. The standard InChI is InChI=1S/C16H25N3O2.ClH/c1-4-7-12(17)16(21)19-14-10-6-9-13(11(14)3)18-15(20)8-5-2;/h6,9-10,12H,4-5,7-8,17H2,1-3H3,(H,18,20)(H,19,21);1H. The molecule has 0 aromatic heterocycles. The molecule has 1 aromatic carbocycles. The van der Waals surface area contributed by atoms with E-state index in [4.69, 9.17) is 5.73 Å². The molecule has 4 N–H and O–H groups in total. The first kappa shape index (κ1) is 20.4. The van der Waals surface area contributed by atoms with Crippen LogP contribution in [0.2, 0.25) is 0 Å². The minimum absolute atomic E-state index is 0. The highest BCUT2D eigenvalue weighted by atomic mass is 35.5. The first-order valence-corrected chi connectivity index (χ1v) is 7.45. The maximum absolute atomic E-state index is 12.0. The number of nitrogens with two attached hydrogens (primary N) is 1. The van der Waals surface area contributed by atoms with Crippen LogP contribution < -0.4 is 16.4 Å². The van der Waals surface area contributed by atoms with Gasteiger partial charge in [0.1, 0.15) is 0 Å². The van der Waals surface area contributed by atoms with Crippen molar-refractivity contribution in [1.29, 1.82) is 0 Å². The number of amides is 2. The minimum Gasteiger partial charge on any atom is -0.326 e. The van der Waals surface area contributed by atoms with Gasteiger partial charge in [0.15, 0.2) is 0 Å². The molecule has 2 amide bonds. The fraction of sp³-hybridized carbons (Fsp3) is 0.500. The molecular formula is C16H26ClN3O2. The lowest BCUT2D eigenvalue weighted by Crippen LogP contribution is -2.35. The number of carbonyl (C=O) groups is 2. The van der Waals surface area contributed by atoms with E-state index in [-0.39, 0.29) is 24.2 Å². The molecule has 0 aliphatic carbocycles. The highest BCUT2D eigenvalue weighted by molar-refractivity contribution is 5.97. The molecule has 0 bridgehead atoms. The smallest absolute Gasteiger partial charge is 0.241 e. The lowest BCUT2D eigenvalue weighted by molar-refractivity contribution is -0.117. The summed E-state index contributed by atoms with van der Waals surface area (Å²) in [6.07, 6.45) is 2.79. The summed E-state index contributed by atoms with van der Waals surface area (Å²) < 4.78 is 0. The van der Waals surface area contributed by atoms with Crippen LogP contribution in [0, 0.1) is 6.92 Å². The molecule has 0 spiro atoms. The first-order valence-electron chi connectivity index (χ1n) is 7.45. The second kappa shape index (κ2) is 10.2. The average molecular weight is 328 g/mol. The molecule has 0 saturated carbocycles. The van der Waals surface area contributed by atoms with Gasteiger partial charge < -0.3 is 16.4 Å². The molecule has 0 heterocycles. The van der Waals surface area contributed by atoms with E-state index >= 15 is 0 Å². The third-order valence-corrected chi connectivity index (χ3v) is 3.28. The summed E-state index contributed by atoms with van der Waals surface area (Å²) in [5.74, 6) is -0.219. The minimum atomic E-state index is -0.507. The summed E-state index contributed by atoms with van der Waals surface area (Å²) in [7, 11) is 0. The van der Waals surface area contributed by atoms with Crippen molar-refractivity contribution in [3.8, 4) is 0 Å². The van der Waals surface area contributed by atoms with Crippen LogP contribution in [0.3, 0.4) is 0 Å². The molecule has 0 aliphatic rings. The van der Waals surface area contributed by atoms with Crippen LogP contribution >= 0.6 is 12.4 Å². The van der Waals surface area contributed by atoms with Gasteiger partial charge in [0.2, 0.25) is 11.8 Å². The van der Waals surface area contributed by atoms with E-state index in [0.717, 1.165) is 24.1 Å². The Hall–Kier alpha value is -1.59. The van der Waals surface area contributed by atoms with E-state index < -0.39 is 6.04 Å². The zero-order valence-corrected chi connectivity index (χ0v) is 14.3. The Labute approximate surface area is 138 Å². The summed E-state index contributed by atoms with van der Waals surface area (Å²) in [4.78, 5) is 23.6. The highest BCUT2D eigenvalue weighted by Crippen LogP contribution is 2.23. The zero-order chi connectivity index (χ0) is 15.8. The van der Waals surface area contributed by atoms with Gasteiger partial charge in [-0.1, -0.05) is 26.3 Å². The summed E-state index contributed by atoms with van der Waals surface area (Å²) in [6.45, 7) is 5.81. The second-order valence-corrected chi connectivity index (χ2v) is 5.16. The summed E-state index contributed by atoms with van der Waals surface area (Å²) >= 11 is 0. The van der Waals surface area contributed by atoms with Gasteiger partial charge in [-0.3, -0.25) is 9.59 Å². The maximum Gasteiger partial charge on any atom is 0.241 e. The van der Waals surface area contributed by atoms with Crippen molar-refractivity contribution in [2.24, 2.45) is 5.73 Å². The Morgan fingerprint density at radius 1 is 1.14 bits per heavy atom. The third-order valence-electron chi connectivity index (χ3n) is 3.28. The van der Waals surface area contributed by atoms with Crippen molar-refractivity contribution in [2.75, 3.05) is 10.6 Å². The molecule has 1 atom stereocenters. The van der Waals surface area contributed by atoms with Crippen molar-refractivity contribution >= 4 is 35.6 Å². The lowest BCUT2D eigenvalue weighted by atomic mass is 10.1. The van der Waals surface area contributed by atoms with Crippen LogP contribution in [0.4, 0.5) is 11.4 Å². The fourth-order valence-corrected chi connectivity index (χ4v) is 2.01. The second-order valence-electron chi connectivity index (χ2n) is 5.16. The number of anilines is 2. The van der Waals surface area contributed by atoms with Gasteiger partial charge in [-0.05, 0) is 37.5 Å². The molecule has 0 saturated heterocycles. The van der Waals surface area contributed by atoms with Crippen LogP contribution in [0.1, 0.15) is 45.1 Å². The van der Waals surface area contributed by atoms with Crippen LogP contribution in [0.5, 0.6) is 0 Å². The molecule has 1 unspecified atom stereocenters. The quantitative estimate of drug-likeness (QED) is 0.719. The summed E-state index contributed by atoms with van der Waals surface area (Å²) in [6, 6.07) is 4.93. The number of hydrogen-bond acceptors (Lipinski definition) is 3. The molecule has 124 valence electrons. The normalized spacial score (nSPS) is 11.3.